The number of benzene rings is 3. The van der Waals surface area contributed by atoms with Gasteiger partial charge in [0.25, 0.3) is 0 Å². The summed E-state index contributed by atoms with van der Waals surface area (Å²) in [6.07, 6.45) is 7.42. The molecule has 1 saturated heterocycles. The summed E-state index contributed by atoms with van der Waals surface area (Å²) in [5, 5.41) is 9.07. The van der Waals surface area contributed by atoms with Crippen LogP contribution in [0, 0.1) is 19.8 Å². The molecule has 0 spiro atoms. The molecule has 1 unspecified atom stereocenters. The normalized spacial score (nSPS) is 15.0. The molecule has 0 bridgehead atoms. The highest BCUT2D eigenvalue weighted by Crippen LogP contribution is 2.33. The van der Waals surface area contributed by atoms with Gasteiger partial charge in [-0.05, 0) is 74.9 Å². The fraction of sp³-hybridized carbons (Fsp3) is 0.474. The average molecular weight is 594 g/mol. The summed E-state index contributed by atoms with van der Waals surface area (Å²) < 4.78 is 8.57. The van der Waals surface area contributed by atoms with E-state index < -0.39 is 0 Å². The third-order valence-electron chi connectivity index (χ3n) is 9.23. The van der Waals surface area contributed by atoms with Gasteiger partial charge in [-0.3, -0.25) is 4.57 Å². The lowest BCUT2D eigenvalue weighted by Crippen LogP contribution is -2.46. The Labute approximate surface area is 265 Å². The molecule has 4 aromatic rings. The summed E-state index contributed by atoms with van der Waals surface area (Å²) in [5.74, 6) is 3.42. The lowest BCUT2D eigenvalue weighted by atomic mass is 10.0. The highest BCUT2D eigenvalue weighted by atomic mass is 16.5. The van der Waals surface area contributed by atoms with Gasteiger partial charge in [0.15, 0.2) is 5.82 Å². The number of piperazine rings is 1. The number of hydrogen-bond acceptors (Lipinski definition) is 5. The molecule has 1 fully saturated rings. The number of ether oxygens (including phenoxy) is 1. The number of unbranched alkanes of at least 4 members (excludes halogenated alkanes) is 3. The van der Waals surface area contributed by atoms with Crippen LogP contribution < -0.4 is 4.74 Å². The highest BCUT2D eigenvalue weighted by Gasteiger charge is 2.19. The smallest absolute Gasteiger partial charge is 0.168 e. The largest absolute Gasteiger partial charge is 0.491 e. The molecule has 1 aliphatic rings. The van der Waals surface area contributed by atoms with Gasteiger partial charge in [0.2, 0.25) is 0 Å². The molecule has 44 heavy (non-hydrogen) atoms. The Hall–Kier alpha value is -3.48. The van der Waals surface area contributed by atoms with Crippen molar-refractivity contribution in [2.45, 2.75) is 66.2 Å². The molecule has 1 atom stereocenters. The van der Waals surface area contributed by atoms with E-state index in [4.69, 9.17) is 4.74 Å². The van der Waals surface area contributed by atoms with Gasteiger partial charge in [-0.1, -0.05) is 99.8 Å². The molecule has 0 saturated carbocycles. The van der Waals surface area contributed by atoms with Crippen LogP contribution in [-0.2, 0) is 0 Å². The van der Waals surface area contributed by atoms with Gasteiger partial charge in [-0.25, -0.2) is 0 Å². The Balaban J connectivity index is 1.11. The first-order valence-corrected chi connectivity index (χ1v) is 16.8. The summed E-state index contributed by atoms with van der Waals surface area (Å²) in [5.41, 5.74) is 5.60. The molecule has 6 nitrogen and oxygen atoms in total. The molecule has 0 amide bonds. The minimum atomic E-state index is 0.716. The molecular formula is C38H51N5O. The van der Waals surface area contributed by atoms with Crippen molar-refractivity contribution in [3.63, 3.8) is 0 Å². The molecule has 0 N–H and O–H groups in total. The number of rotatable bonds is 15. The van der Waals surface area contributed by atoms with Crippen LogP contribution in [-0.4, -0.2) is 70.4 Å². The second kappa shape index (κ2) is 16.0. The van der Waals surface area contributed by atoms with Crippen LogP contribution in [0.2, 0.25) is 0 Å². The first kappa shape index (κ1) is 31.9. The molecule has 234 valence electrons. The second-order valence-electron chi connectivity index (χ2n) is 12.5. The van der Waals surface area contributed by atoms with E-state index in [1.165, 1.54) is 82.5 Å². The van der Waals surface area contributed by atoms with E-state index in [0.29, 0.717) is 6.61 Å². The summed E-state index contributed by atoms with van der Waals surface area (Å²) in [6.45, 7) is 16.9. The topological polar surface area (TPSA) is 46.4 Å². The molecule has 0 aliphatic carbocycles. The Morgan fingerprint density at radius 3 is 2.09 bits per heavy atom. The minimum absolute atomic E-state index is 0.716. The standard InChI is InChI=1S/C38H51N5O/c1-5-30(2)22-24-42-27-25-41(26-28-42)23-11-6-7-12-29-44-36-17-13-14-31(3)37(36)43-32(4)39-40-38(43)35-20-18-34(19-21-35)33-15-9-8-10-16-33/h8-10,13-21,30H,5-7,11-12,22-29H2,1-4H3. The van der Waals surface area contributed by atoms with Crippen molar-refractivity contribution >= 4 is 0 Å². The molecule has 1 aliphatic heterocycles. The fourth-order valence-electron chi connectivity index (χ4n) is 6.11. The number of para-hydroxylation sites is 1. The van der Waals surface area contributed by atoms with E-state index in [1.54, 1.807) is 0 Å². The summed E-state index contributed by atoms with van der Waals surface area (Å²) in [7, 11) is 0. The van der Waals surface area contributed by atoms with Gasteiger partial charge < -0.3 is 14.5 Å². The summed E-state index contributed by atoms with van der Waals surface area (Å²) in [6, 6.07) is 25.3. The third-order valence-corrected chi connectivity index (χ3v) is 9.23. The summed E-state index contributed by atoms with van der Waals surface area (Å²) >= 11 is 0. The van der Waals surface area contributed by atoms with E-state index in [1.807, 2.05) is 13.0 Å². The Morgan fingerprint density at radius 1 is 0.705 bits per heavy atom. The zero-order valence-electron chi connectivity index (χ0n) is 27.3. The van der Waals surface area contributed by atoms with Crippen molar-refractivity contribution in [3.8, 4) is 34.0 Å². The number of nitrogens with zero attached hydrogens (tertiary/aromatic N) is 5. The number of aromatic nitrogens is 3. The zero-order valence-corrected chi connectivity index (χ0v) is 27.3. The molecule has 0 radical (unpaired) electrons. The van der Waals surface area contributed by atoms with Crippen molar-refractivity contribution in [2.75, 3.05) is 45.9 Å². The van der Waals surface area contributed by atoms with Gasteiger partial charge in [0.1, 0.15) is 11.6 Å². The predicted octanol–water partition coefficient (Wildman–Crippen LogP) is 8.21. The maximum absolute atomic E-state index is 6.43. The van der Waals surface area contributed by atoms with E-state index in [2.05, 4.69) is 112 Å². The van der Waals surface area contributed by atoms with E-state index in [-0.39, 0.29) is 0 Å². The van der Waals surface area contributed by atoms with E-state index in [9.17, 15) is 0 Å². The van der Waals surface area contributed by atoms with Gasteiger partial charge in [0, 0.05) is 31.7 Å². The first-order valence-electron chi connectivity index (χ1n) is 16.8. The quantitative estimate of drug-likeness (QED) is 0.130. The molecule has 1 aromatic heterocycles. The average Bonchev–Trinajstić information content (AvgIpc) is 3.44. The van der Waals surface area contributed by atoms with Crippen molar-refractivity contribution in [1.29, 1.82) is 0 Å². The fourth-order valence-corrected chi connectivity index (χ4v) is 6.11. The number of hydrogen-bond donors (Lipinski definition) is 0. The van der Waals surface area contributed by atoms with Gasteiger partial charge in [0.05, 0.1) is 12.3 Å². The predicted molar refractivity (Wildman–Crippen MR) is 183 cm³/mol. The van der Waals surface area contributed by atoms with Crippen molar-refractivity contribution < 1.29 is 4.74 Å². The minimum Gasteiger partial charge on any atom is -0.491 e. The van der Waals surface area contributed by atoms with Crippen LogP contribution in [0.3, 0.4) is 0 Å². The van der Waals surface area contributed by atoms with Crippen molar-refractivity contribution in [1.82, 2.24) is 24.6 Å². The van der Waals surface area contributed by atoms with Gasteiger partial charge >= 0.3 is 0 Å². The molecule has 3 aromatic carbocycles. The molecular weight excluding hydrogens is 542 g/mol. The molecule has 2 heterocycles. The Kier molecular flexibility index (Phi) is 11.6. The summed E-state index contributed by atoms with van der Waals surface area (Å²) in [4.78, 5) is 5.31. The second-order valence-corrected chi connectivity index (χ2v) is 12.5. The van der Waals surface area contributed by atoms with Crippen LogP contribution in [0.15, 0.2) is 72.8 Å². The van der Waals surface area contributed by atoms with E-state index >= 15 is 0 Å². The van der Waals surface area contributed by atoms with Gasteiger partial charge in [-0.15, -0.1) is 10.2 Å². The lowest BCUT2D eigenvalue weighted by Gasteiger charge is -2.35. The maximum atomic E-state index is 6.43. The van der Waals surface area contributed by atoms with Crippen molar-refractivity contribution in [2.24, 2.45) is 5.92 Å². The zero-order chi connectivity index (χ0) is 30.7. The van der Waals surface area contributed by atoms with Crippen LogP contribution in [0.25, 0.3) is 28.2 Å². The van der Waals surface area contributed by atoms with Crippen LogP contribution >= 0.6 is 0 Å². The van der Waals surface area contributed by atoms with Crippen molar-refractivity contribution in [3.05, 3.63) is 84.2 Å². The SMILES string of the molecule is CCC(C)CCN1CCN(CCCCCCOc2cccc(C)c2-n2c(C)nnc2-c2ccc(-c3ccccc3)cc2)CC1. The Morgan fingerprint density at radius 2 is 1.36 bits per heavy atom. The first-order chi connectivity index (χ1) is 21.5. The Bertz CT molecular complexity index is 1420. The third kappa shape index (κ3) is 8.36. The monoisotopic (exact) mass is 593 g/mol. The highest BCUT2D eigenvalue weighted by molar-refractivity contribution is 5.69. The molecule has 6 heteroatoms. The lowest BCUT2D eigenvalue weighted by molar-refractivity contribution is 0.125. The van der Waals surface area contributed by atoms with E-state index in [0.717, 1.165) is 46.6 Å². The van der Waals surface area contributed by atoms with Crippen LogP contribution in [0.5, 0.6) is 5.75 Å². The van der Waals surface area contributed by atoms with Crippen LogP contribution in [0.4, 0.5) is 0 Å². The van der Waals surface area contributed by atoms with Gasteiger partial charge in [-0.2, -0.15) is 0 Å². The van der Waals surface area contributed by atoms with Crippen LogP contribution in [0.1, 0.15) is 63.8 Å². The maximum Gasteiger partial charge on any atom is 0.168 e. The number of aryl methyl sites for hydroxylation is 2. The molecule has 5 rings (SSSR count).